The summed E-state index contributed by atoms with van der Waals surface area (Å²) in [5.74, 6) is -2.29. The number of likely N-dealkylation sites (tertiary alicyclic amines) is 1. The van der Waals surface area contributed by atoms with Gasteiger partial charge in [-0.15, -0.1) is 11.3 Å². The van der Waals surface area contributed by atoms with E-state index in [1.807, 2.05) is 35.5 Å². The zero-order valence-electron chi connectivity index (χ0n) is 23.3. The van der Waals surface area contributed by atoms with Crippen LogP contribution in [-0.2, 0) is 4.79 Å². The molecule has 2 fully saturated rings. The van der Waals surface area contributed by atoms with Crippen molar-refractivity contribution >= 4 is 44.1 Å². The average molecular weight is 608 g/mol. The van der Waals surface area contributed by atoms with Gasteiger partial charge in [0.25, 0.3) is 5.91 Å². The van der Waals surface area contributed by atoms with Crippen LogP contribution in [0.1, 0.15) is 6.42 Å². The number of hydrogen-bond donors (Lipinski definition) is 0. The standard InChI is InChI=1S/C30H28F3N7O2S/c1-17(31)29(41)40-9-8-39(15-20(40)12-34-2)28-23-13-35-26(22-5-4-6-24-21(22)7-10-43-24)25(33)27(23)36-30(37-28)42-16-19-11-18(32)14-38(19)3/h4-7,10,13,18-20H,1,8-9,11-12,14-16H2,3H3/t18-,19+,20+/m1/s1. The van der Waals surface area contributed by atoms with Crippen molar-refractivity contribution in [2.24, 2.45) is 0 Å². The Hall–Kier alpha value is -4.28. The number of nitrogens with zero attached hydrogens (tertiary/aromatic N) is 7. The SMILES string of the molecule is [C-]#[N+]C[C@H]1CN(c2nc(OC[C@@H]3C[C@@H](F)CN3C)nc3c(F)c(-c4cccc5sccc45)ncc23)CCN1C(=O)C(=C)F. The number of hydrogen-bond acceptors (Lipinski definition) is 8. The monoisotopic (exact) mass is 607 g/mol. The highest BCUT2D eigenvalue weighted by molar-refractivity contribution is 7.17. The third-order valence-corrected chi connectivity index (χ3v) is 8.90. The van der Waals surface area contributed by atoms with E-state index in [0.717, 1.165) is 10.1 Å². The molecule has 9 nitrogen and oxygen atoms in total. The number of amides is 1. The first-order valence-electron chi connectivity index (χ1n) is 13.8. The van der Waals surface area contributed by atoms with Gasteiger partial charge in [0.05, 0.1) is 5.39 Å². The Morgan fingerprint density at radius 2 is 2.05 bits per heavy atom. The molecule has 2 aliphatic rings. The highest BCUT2D eigenvalue weighted by atomic mass is 32.1. The van der Waals surface area contributed by atoms with Crippen LogP contribution in [0.5, 0.6) is 6.01 Å². The summed E-state index contributed by atoms with van der Waals surface area (Å²) in [6.07, 6.45) is 0.857. The molecule has 0 radical (unpaired) electrons. The predicted molar refractivity (Wildman–Crippen MR) is 159 cm³/mol. The van der Waals surface area contributed by atoms with Crippen LogP contribution in [0.15, 0.2) is 48.2 Å². The maximum atomic E-state index is 16.4. The van der Waals surface area contributed by atoms with Gasteiger partial charge in [-0.25, -0.2) is 19.7 Å². The van der Waals surface area contributed by atoms with Crippen molar-refractivity contribution < 1.29 is 22.7 Å². The molecule has 2 saturated heterocycles. The van der Waals surface area contributed by atoms with Gasteiger partial charge in [0.2, 0.25) is 6.54 Å². The highest BCUT2D eigenvalue weighted by Gasteiger charge is 2.36. The Labute approximate surface area is 250 Å². The van der Waals surface area contributed by atoms with Crippen molar-refractivity contribution in [1.82, 2.24) is 24.8 Å². The van der Waals surface area contributed by atoms with Crippen LogP contribution in [0.25, 0.3) is 37.1 Å². The molecule has 0 aliphatic carbocycles. The minimum absolute atomic E-state index is 0.00208. The van der Waals surface area contributed by atoms with E-state index >= 15 is 4.39 Å². The number of anilines is 1. The number of ether oxygens (including phenoxy) is 1. The lowest BCUT2D eigenvalue weighted by Gasteiger charge is -2.39. The first kappa shape index (κ1) is 28.8. The number of thiophene rings is 1. The Bertz CT molecular complexity index is 1760. The van der Waals surface area contributed by atoms with Crippen molar-refractivity contribution in [2.75, 3.05) is 51.3 Å². The normalized spacial score (nSPS) is 21.0. The van der Waals surface area contributed by atoms with E-state index in [0.29, 0.717) is 29.7 Å². The number of likely N-dealkylation sites (N-methyl/N-ethyl adjacent to an activating group) is 1. The number of pyridine rings is 1. The van der Waals surface area contributed by atoms with Gasteiger partial charge in [-0.2, -0.15) is 9.97 Å². The minimum atomic E-state index is -1.10. The number of piperazine rings is 1. The molecule has 2 aliphatic heterocycles. The molecule has 43 heavy (non-hydrogen) atoms. The second kappa shape index (κ2) is 11.8. The van der Waals surface area contributed by atoms with Crippen molar-refractivity contribution in [3.8, 4) is 17.3 Å². The molecule has 0 spiro atoms. The van der Waals surface area contributed by atoms with E-state index in [1.165, 1.54) is 11.1 Å². The van der Waals surface area contributed by atoms with Crippen molar-refractivity contribution in [2.45, 2.75) is 24.7 Å². The number of fused-ring (bicyclic) bond motifs is 2. The molecule has 1 aromatic carbocycles. The van der Waals surface area contributed by atoms with Crippen molar-refractivity contribution in [3.05, 3.63) is 65.5 Å². The minimum Gasteiger partial charge on any atom is -0.462 e. The lowest BCUT2D eigenvalue weighted by atomic mass is 10.1. The largest absolute Gasteiger partial charge is 0.462 e. The van der Waals surface area contributed by atoms with E-state index in [-0.39, 0.29) is 56.0 Å². The van der Waals surface area contributed by atoms with Gasteiger partial charge in [0, 0.05) is 54.1 Å². The average Bonchev–Trinajstić information content (AvgIpc) is 3.61. The number of carbonyl (C=O) groups is 1. The summed E-state index contributed by atoms with van der Waals surface area (Å²) in [6.45, 7) is 11.3. The number of benzene rings is 1. The Morgan fingerprint density at radius 1 is 1.21 bits per heavy atom. The Kier molecular flexibility index (Phi) is 7.89. The van der Waals surface area contributed by atoms with Gasteiger partial charge in [0.15, 0.2) is 11.6 Å². The molecule has 0 unspecified atom stereocenters. The number of alkyl halides is 1. The smallest absolute Gasteiger partial charge is 0.319 e. The topological polar surface area (TPSA) is 79.1 Å². The molecule has 0 N–H and O–H groups in total. The first-order valence-corrected chi connectivity index (χ1v) is 14.7. The first-order chi connectivity index (χ1) is 20.7. The van der Waals surface area contributed by atoms with Gasteiger partial charge in [-0.05, 0) is 31.0 Å². The van der Waals surface area contributed by atoms with Crippen molar-refractivity contribution in [1.29, 1.82) is 0 Å². The summed E-state index contributed by atoms with van der Waals surface area (Å²) < 4.78 is 51.1. The van der Waals surface area contributed by atoms with Crippen LogP contribution in [-0.4, -0.2) is 95.3 Å². The lowest BCUT2D eigenvalue weighted by Crippen LogP contribution is -2.56. The molecular formula is C30H28F3N7O2S. The zero-order valence-corrected chi connectivity index (χ0v) is 24.2. The zero-order chi connectivity index (χ0) is 30.2. The summed E-state index contributed by atoms with van der Waals surface area (Å²) in [5.41, 5.74) is 0.751. The quantitative estimate of drug-likeness (QED) is 0.219. The molecule has 5 heterocycles. The summed E-state index contributed by atoms with van der Waals surface area (Å²) in [7, 11) is 1.81. The molecule has 4 aromatic rings. The van der Waals surface area contributed by atoms with Crippen LogP contribution >= 0.6 is 11.3 Å². The maximum absolute atomic E-state index is 16.4. The summed E-state index contributed by atoms with van der Waals surface area (Å²) in [5, 5.41) is 3.12. The van der Waals surface area contributed by atoms with E-state index in [2.05, 4.69) is 26.4 Å². The summed E-state index contributed by atoms with van der Waals surface area (Å²) in [6, 6.07) is 6.60. The third kappa shape index (κ3) is 5.48. The molecule has 222 valence electrons. The van der Waals surface area contributed by atoms with Crippen LogP contribution in [0.2, 0.25) is 0 Å². The van der Waals surface area contributed by atoms with Crippen LogP contribution in [0.4, 0.5) is 19.0 Å². The number of aromatic nitrogens is 3. The lowest BCUT2D eigenvalue weighted by molar-refractivity contribution is -0.131. The number of halogens is 3. The molecular weight excluding hydrogens is 579 g/mol. The Balaban J connectivity index is 1.42. The van der Waals surface area contributed by atoms with E-state index in [4.69, 9.17) is 11.3 Å². The highest BCUT2D eigenvalue weighted by Crippen LogP contribution is 2.36. The fourth-order valence-electron chi connectivity index (χ4n) is 5.83. The third-order valence-electron chi connectivity index (χ3n) is 8.01. The van der Waals surface area contributed by atoms with Crippen molar-refractivity contribution in [3.63, 3.8) is 0 Å². The molecule has 0 saturated carbocycles. The molecule has 3 aromatic heterocycles. The van der Waals surface area contributed by atoms with Crippen LogP contribution < -0.4 is 9.64 Å². The second-order valence-electron chi connectivity index (χ2n) is 10.7. The number of carbonyl (C=O) groups excluding carboxylic acids is 1. The predicted octanol–water partition coefficient (Wildman–Crippen LogP) is 4.89. The number of rotatable bonds is 7. The Morgan fingerprint density at radius 3 is 2.79 bits per heavy atom. The van der Waals surface area contributed by atoms with Crippen LogP contribution in [0.3, 0.4) is 0 Å². The molecule has 13 heteroatoms. The van der Waals surface area contributed by atoms with Gasteiger partial charge >= 0.3 is 6.01 Å². The molecule has 6 rings (SSSR count). The second-order valence-corrected chi connectivity index (χ2v) is 11.7. The molecule has 0 bridgehead atoms. The molecule has 3 atom stereocenters. The van der Waals surface area contributed by atoms with E-state index < -0.39 is 29.8 Å². The van der Waals surface area contributed by atoms with Gasteiger partial charge < -0.3 is 19.4 Å². The fraction of sp³-hybridized carbons (Fsp3) is 0.367. The van der Waals surface area contributed by atoms with E-state index in [1.54, 1.807) is 22.3 Å². The fourth-order valence-corrected chi connectivity index (χ4v) is 6.64. The van der Waals surface area contributed by atoms with Gasteiger partial charge in [-0.1, -0.05) is 18.7 Å². The van der Waals surface area contributed by atoms with Gasteiger partial charge in [0.1, 0.15) is 35.8 Å². The molecule has 1 amide bonds. The maximum Gasteiger partial charge on any atom is 0.319 e. The van der Waals surface area contributed by atoms with E-state index in [9.17, 15) is 13.6 Å². The van der Waals surface area contributed by atoms with Crippen LogP contribution in [0, 0.1) is 12.4 Å². The van der Waals surface area contributed by atoms with Gasteiger partial charge in [-0.3, -0.25) is 14.7 Å². The summed E-state index contributed by atoms with van der Waals surface area (Å²) in [4.78, 5) is 34.4. The summed E-state index contributed by atoms with van der Waals surface area (Å²) >= 11 is 1.55.